The van der Waals surface area contributed by atoms with Crippen molar-refractivity contribution >= 4 is 17.5 Å². The molecular weight excluding hydrogens is 328 g/mol. The molecule has 1 aliphatic rings. The highest BCUT2D eigenvalue weighted by atomic mass is 16.5. The number of rotatable bonds is 4. The zero-order chi connectivity index (χ0) is 18.7. The van der Waals surface area contributed by atoms with Crippen molar-refractivity contribution in [3.05, 3.63) is 59.7 Å². The van der Waals surface area contributed by atoms with Gasteiger partial charge in [0.25, 0.3) is 0 Å². The molecule has 136 valence electrons. The lowest BCUT2D eigenvalue weighted by Gasteiger charge is -2.39. The van der Waals surface area contributed by atoms with Crippen LogP contribution in [0.15, 0.2) is 48.5 Å². The van der Waals surface area contributed by atoms with Gasteiger partial charge in [-0.15, -0.1) is 0 Å². The van der Waals surface area contributed by atoms with E-state index in [0.717, 1.165) is 16.8 Å². The van der Waals surface area contributed by atoms with Crippen LogP contribution in [0, 0.1) is 6.92 Å². The first kappa shape index (κ1) is 18.0. The fourth-order valence-corrected chi connectivity index (χ4v) is 3.33. The summed E-state index contributed by atoms with van der Waals surface area (Å²) in [5.74, 6) is 0.565. The number of piperazine rings is 1. The molecule has 1 heterocycles. The molecule has 26 heavy (non-hydrogen) atoms. The Balaban J connectivity index is 1.77. The molecule has 2 amide bonds. The van der Waals surface area contributed by atoms with E-state index in [2.05, 4.69) is 0 Å². The summed E-state index contributed by atoms with van der Waals surface area (Å²) in [6, 6.07) is 14.9. The third-order valence-corrected chi connectivity index (χ3v) is 4.80. The fourth-order valence-electron chi connectivity index (χ4n) is 3.33. The van der Waals surface area contributed by atoms with Crippen molar-refractivity contribution in [2.45, 2.75) is 26.3 Å². The van der Waals surface area contributed by atoms with E-state index in [1.165, 1.54) is 0 Å². The Morgan fingerprint density at radius 3 is 2.58 bits per heavy atom. The fraction of sp³-hybridized carbons (Fsp3) is 0.333. The first-order chi connectivity index (χ1) is 12.5. The van der Waals surface area contributed by atoms with E-state index in [-0.39, 0.29) is 11.8 Å². The van der Waals surface area contributed by atoms with Crippen LogP contribution < -0.4 is 9.64 Å². The minimum absolute atomic E-state index is 0.0205. The topological polar surface area (TPSA) is 49.9 Å². The SMILES string of the molecule is COc1ccc(C)cc1N1CCN(C(=O)Cc2ccccc2)[C@H](C)C1=O. The summed E-state index contributed by atoms with van der Waals surface area (Å²) < 4.78 is 5.42. The first-order valence-electron chi connectivity index (χ1n) is 8.80. The van der Waals surface area contributed by atoms with Gasteiger partial charge >= 0.3 is 0 Å². The number of aryl methyl sites for hydroxylation is 1. The van der Waals surface area contributed by atoms with Crippen molar-refractivity contribution < 1.29 is 14.3 Å². The second-order valence-corrected chi connectivity index (χ2v) is 6.59. The monoisotopic (exact) mass is 352 g/mol. The number of carbonyl (C=O) groups excluding carboxylic acids is 2. The molecule has 5 nitrogen and oxygen atoms in total. The van der Waals surface area contributed by atoms with Crippen LogP contribution in [0.3, 0.4) is 0 Å². The molecule has 0 aliphatic carbocycles. The number of ether oxygens (including phenoxy) is 1. The molecule has 1 atom stereocenters. The van der Waals surface area contributed by atoms with E-state index in [9.17, 15) is 9.59 Å². The summed E-state index contributed by atoms with van der Waals surface area (Å²) in [6.45, 7) is 4.75. The zero-order valence-corrected chi connectivity index (χ0v) is 15.4. The Hall–Kier alpha value is -2.82. The predicted molar refractivity (Wildman–Crippen MR) is 101 cm³/mol. The maximum Gasteiger partial charge on any atom is 0.249 e. The van der Waals surface area contributed by atoms with Gasteiger partial charge in [0.2, 0.25) is 11.8 Å². The summed E-state index contributed by atoms with van der Waals surface area (Å²) in [7, 11) is 1.60. The van der Waals surface area contributed by atoms with E-state index in [0.29, 0.717) is 25.3 Å². The summed E-state index contributed by atoms with van der Waals surface area (Å²) in [6.07, 6.45) is 0.312. The minimum atomic E-state index is -0.495. The summed E-state index contributed by atoms with van der Waals surface area (Å²) in [5, 5.41) is 0. The van der Waals surface area contributed by atoms with Gasteiger partial charge in [0.15, 0.2) is 0 Å². The Morgan fingerprint density at radius 1 is 1.15 bits per heavy atom. The van der Waals surface area contributed by atoms with E-state index in [4.69, 9.17) is 4.74 Å². The first-order valence-corrected chi connectivity index (χ1v) is 8.80. The molecule has 1 saturated heterocycles. The van der Waals surface area contributed by atoms with Crippen LogP contribution in [0.2, 0.25) is 0 Å². The quantitative estimate of drug-likeness (QED) is 0.850. The molecule has 0 radical (unpaired) electrons. The van der Waals surface area contributed by atoms with Crippen molar-refractivity contribution in [3.8, 4) is 5.75 Å². The number of hydrogen-bond donors (Lipinski definition) is 0. The molecule has 0 N–H and O–H groups in total. The second kappa shape index (κ2) is 7.60. The van der Waals surface area contributed by atoms with Gasteiger partial charge < -0.3 is 14.5 Å². The van der Waals surface area contributed by atoms with Crippen LogP contribution in [-0.4, -0.2) is 43.0 Å². The van der Waals surface area contributed by atoms with Gasteiger partial charge in [-0.2, -0.15) is 0 Å². The molecule has 0 saturated carbocycles. The van der Waals surface area contributed by atoms with Crippen molar-refractivity contribution in [2.24, 2.45) is 0 Å². The maximum absolute atomic E-state index is 12.9. The highest BCUT2D eigenvalue weighted by Gasteiger charge is 2.35. The van der Waals surface area contributed by atoms with E-state index >= 15 is 0 Å². The Bertz CT molecular complexity index is 804. The van der Waals surface area contributed by atoms with Gasteiger partial charge in [-0.1, -0.05) is 36.4 Å². The number of hydrogen-bond acceptors (Lipinski definition) is 3. The molecule has 2 aromatic carbocycles. The lowest BCUT2D eigenvalue weighted by molar-refractivity contribution is -0.140. The molecule has 0 aromatic heterocycles. The molecule has 5 heteroatoms. The Morgan fingerprint density at radius 2 is 1.88 bits per heavy atom. The van der Waals surface area contributed by atoms with Crippen LogP contribution in [0.4, 0.5) is 5.69 Å². The Kier molecular flexibility index (Phi) is 5.26. The predicted octanol–water partition coefficient (Wildman–Crippen LogP) is 2.81. The number of benzene rings is 2. The van der Waals surface area contributed by atoms with Gasteiger partial charge in [0.1, 0.15) is 11.8 Å². The van der Waals surface area contributed by atoms with Crippen molar-refractivity contribution in [1.82, 2.24) is 4.90 Å². The maximum atomic E-state index is 12.9. The normalized spacial score (nSPS) is 17.3. The van der Waals surface area contributed by atoms with Crippen molar-refractivity contribution in [1.29, 1.82) is 0 Å². The van der Waals surface area contributed by atoms with Crippen LogP contribution in [-0.2, 0) is 16.0 Å². The molecule has 0 unspecified atom stereocenters. The van der Waals surface area contributed by atoms with Gasteiger partial charge in [-0.25, -0.2) is 0 Å². The third kappa shape index (κ3) is 3.57. The van der Waals surface area contributed by atoms with E-state index in [1.807, 2.05) is 55.5 Å². The van der Waals surface area contributed by atoms with Crippen LogP contribution in [0.25, 0.3) is 0 Å². The van der Waals surface area contributed by atoms with E-state index < -0.39 is 6.04 Å². The van der Waals surface area contributed by atoms with Gasteiger partial charge in [0.05, 0.1) is 19.2 Å². The molecular formula is C21H24N2O3. The van der Waals surface area contributed by atoms with Crippen LogP contribution in [0.5, 0.6) is 5.75 Å². The molecule has 1 aliphatic heterocycles. The molecule has 0 bridgehead atoms. The Labute approximate surface area is 154 Å². The second-order valence-electron chi connectivity index (χ2n) is 6.59. The van der Waals surface area contributed by atoms with Crippen LogP contribution in [0.1, 0.15) is 18.1 Å². The highest BCUT2D eigenvalue weighted by molar-refractivity contribution is 6.01. The molecule has 3 rings (SSSR count). The number of methoxy groups -OCH3 is 1. The smallest absolute Gasteiger partial charge is 0.249 e. The zero-order valence-electron chi connectivity index (χ0n) is 15.4. The number of carbonyl (C=O) groups is 2. The molecule has 2 aromatic rings. The van der Waals surface area contributed by atoms with Gasteiger partial charge in [-0.05, 0) is 37.1 Å². The van der Waals surface area contributed by atoms with E-state index in [1.54, 1.807) is 23.8 Å². The average Bonchev–Trinajstić information content (AvgIpc) is 2.64. The number of nitrogens with zero attached hydrogens (tertiary/aromatic N) is 2. The van der Waals surface area contributed by atoms with Crippen molar-refractivity contribution in [2.75, 3.05) is 25.1 Å². The molecule has 1 fully saturated rings. The summed E-state index contributed by atoms with van der Waals surface area (Å²) >= 11 is 0. The lowest BCUT2D eigenvalue weighted by atomic mass is 10.1. The van der Waals surface area contributed by atoms with Crippen LogP contribution >= 0.6 is 0 Å². The standard InChI is InChI=1S/C21H24N2O3/c1-15-9-10-19(26-3)18(13-15)23-12-11-22(16(2)21(23)25)20(24)14-17-7-5-4-6-8-17/h4-10,13,16H,11-12,14H2,1-3H3/t16-/m1/s1. The summed E-state index contributed by atoms with van der Waals surface area (Å²) in [4.78, 5) is 29.0. The third-order valence-electron chi connectivity index (χ3n) is 4.80. The lowest BCUT2D eigenvalue weighted by Crippen LogP contribution is -2.58. The summed E-state index contributed by atoms with van der Waals surface area (Å²) in [5.41, 5.74) is 2.78. The molecule has 0 spiro atoms. The average molecular weight is 352 g/mol. The van der Waals surface area contributed by atoms with Gasteiger partial charge in [0, 0.05) is 13.1 Å². The number of amides is 2. The minimum Gasteiger partial charge on any atom is -0.495 e. The largest absolute Gasteiger partial charge is 0.495 e. The van der Waals surface area contributed by atoms with Gasteiger partial charge in [-0.3, -0.25) is 9.59 Å². The number of anilines is 1. The van der Waals surface area contributed by atoms with Crippen molar-refractivity contribution in [3.63, 3.8) is 0 Å². The highest BCUT2D eigenvalue weighted by Crippen LogP contribution is 2.31.